The van der Waals surface area contributed by atoms with Gasteiger partial charge in [-0.05, 0) is 6.07 Å². The van der Waals surface area contributed by atoms with E-state index in [1.807, 2.05) is 0 Å². The molecule has 0 aromatic heterocycles. The third-order valence-electron chi connectivity index (χ3n) is 1.85. The molecule has 0 fully saturated rings. The van der Waals surface area contributed by atoms with Crippen molar-refractivity contribution in [3.8, 4) is 0 Å². The van der Waals surface area contributed by atoms with Crippen molar-refractivity contribution >= 4 is 28.8 Å². The van der Waals surface area contributed by atoms with Gasteiger partial charge in [0.1, 0.15) is 11.5 Å². The minimum atomic E-state index is -0.561. The van der Waals surface area contributed by atoms with E-state index in [0.717, 1.165) is 0 Å². The summed E-state index contributed by atoms with van der Waals surface area (Å²) in [5.41, 5.74) is 5.44. The number of rotatable bonds is 3. The van der Waals surface area contributed by atoms with Crippen LogP contribution >= 0.6 is 11.6 Å². The number of amidine groups is 1. The van der Waals surface area contributed by atoms with Crippen molar-refractivity contribution in [1.82, 2.24) is 0 Å². The Bertz CT molecular complexity index is 433. The van der Waals surface area contributed by atoms with Crippen molar-refractivity contribution in [3.05, 3.63) is 32.8 Å². The van der Waals surface area contributed by atoms with E-state index in [-0.39, 0.29) is 27.8 Å². The summed E-state index contributed by atoms with van der Waals surface area (Å²) in [5, 5.41) is 20.8. The van der Waals surface area contributed by atoms with Gasteiger partial charge in [0.15, 0.2) is 0 Å². The number of nitrogens with one attached hydrogen (secondary N) is 2. The average molecular weight is 229 g/mol. The van der Waals surface area contributed by atoms with Crippen molar-refractivity contribution in [1.29, 1.82) is 5.41 Å². The van der Waals surface area contributed by atoms with E-state index < -0.39 is 4.92 Å². The number of benzene rings is 1. The molecule has 0 spiro atoms. The van der Waals surface area contributed by atoms with Crippen LogP contribution in [0.5, 0.6) is 0 Å². The maximum absolute atomic E-state index is 10.7. The first-order valence-corrected chi connectivity index (χ1v) is 4.36. The normalized spacial score (nSPS) is 9.73. The van der Waals surface area contributed by atoms with Gasteiger partial charge in [-0.15, -0.1) is 0 Å². The highest BCUT2D eigenvalue weighted by atomic mass is 35.5. The standard InChI is InChI=1S/C8H9ClN4O2/c1-12-7-5(13(14)15)3-2-4(9)6(7)8(10)11/h2-3,12H,1H3,(H3,10,11). The van der Waals surface area contributed by atoms with Gasteiger partial charge in [0.25, 0.3) is 5.69 Å². The van der Waals surface area contributed by atoms with Gasteiger partial charge in [0.2, 0.25) is 0 Å². The molecule has 0 radical (unpaired) electrons. The molecule has 0 unspecified atom stereocenters. The fourth-order valence-electron chi connectivity index (χ4n) is 1.23. The van der Waals surface area contributed by atoms with Gasteiger partial charge in [-0.25, -0.2) is 0 Å². The second-order valence-electron chi connectivity index (χ2n) is 2.74. The largest absolute Gasteiger partial charge is 0.384 e. The van der Waals surface area contributed by atoms with E-state index in [4.69, 9.17) is 22.7 Å². The monoisotopic (exact) mass is 228 g/mol. The number of halogens is 1. The van der Waals surface area contributed by atoms with Crippen molar-refractivity contribution in [2.24, 2.45) is 5.73 Å². The molecule has 0 aliphatic carbocycles. The summed E-state index contributed by atoms with van der Waals surface area (Å²) in [6, 6.07) is 2.61. The molecule has 1 aromatic rings. The van der Waals surface area contributed by atoms with Crippen LogP contribution < -0.4 is 11.1 Å². The lowest BCUT2D eigenvalue weighted by molar-refractivity contribution is -0.383. The Balaban J connectivity index is 3.54. The van der Waals surface area contributed by atoms with Crippen molar-refractivity contribution in [3.63, 3.8) is 0 Å². The predicted molar refractivity (Wildman–Crippen MR) is 58.7 cm³/mol. The highest BCUT2D eigenvalue weighted by Gasteiger charge is 2.20. The van der Waals surface area contributed by atoms with Crippen LogP contribution in [0.1, 0.15) is 5.56 Å². The molecule has 4 N–H and O–H groups in total. The second kappa shape index (κ2) is 4.14. The smallest absolute Gasteiger partial charge is 0.293 e. The van der Waals surface area contributed by atoms with Crippen LogP contribution in [0.3, 0.4) is 0 Å². The summed E-state index contributed by atoms with van der Waals surface area (Å²) in [4.78, 5) is 10.1. The highest BCUT2D eigenvalue weighted by Crippen LogP contribution is 2.32. The predicted octanol–water partition coefficient (Wildman–Crippen LogP) is 1.57. The molecule has 6 nitrogen and oxygen atoms in total. The van der Waals surface area contributed by atoms with E-state index in [1.165, 1.54) is 19.2 Å². The number of hydrogen-bond donors (Lipinski definition) is 3. The Morgan fingerprint density at radius 3 is 2.67 bits per heavy atom. The highest BCUT2D eigenvalue weighted by molar-refractivity contribution is 6.35. The van der Waals surface area contributed by atoms with Gasteiger partial charge in [0, 0.05) is 13.1 Å². The lowest BCUT2D eigenvalue weighted by atomic mass is 10.1. The van der Waals surface area contributed by atoms with Gasteiger partial charge in [-0.2, -0.15) is 0 Å². The Morgan fingerprint density at radius 2 is 2.27 bits per heavy atom. The third-order valence-corrected chi connectivity index (χ3v) is 2.16. The molecule has 0 atom stereocenters. The number of nitrogen functional groups attached to an aromatic ring is 1. The average Bonchev–Trinajstić information content (AvgIpc) is 2.15. The maximum Gasteiger partial charge on any atom is 0.293 e. The fourth-order valence-corrected chi connectivity index (χ4v) is 1.49. The minimum absolute atomic E-state index is 0.147. The van der Waals surface area contributed by atoms with Crippen molar-refractivity contribution < 1.29 is 4.92 Å². The van der Waals surface area contributed by atoms with Crippen LogP contribution in [0.4, 0.5) is 11.4 Å². The summed E-state index contributed by atoms with van der Waals surface area (Å²) in [7, 11) is 1.51. The van der Waals surface area contributed by atoms with Gasteiger partial charge in [-0.3, -0.25) is 15.5 Å². The van der Waals surface area contributed by atoms with Crippen LogP contribution in [0, 0.1) is 15.5 Å². The zero-order chi connectivity index (χ0) is 11.6. The Morgan fingerprint density at radius 1 is 1.67 bits per heavy atom. The number of nitrogens with zero attached hydrogens (tertiary/aromatic N) is 1. The minimum Gasteiger partial charge on any atom is -0.384 e. The third kappa shape index (κ3) is 1.99. The molecule has 1 aromatic carbocycles. The molecule has 0 aliphatic heterocycles. The molecular formula is C8H9ClN4O2. The van der Waals surface area contributed by atoms with E-state index in [0.29, 0.717) is 0 Å². The molecule has 7 heteroatoms. The van der Waals surface area contributed by atoms with E-state index in [2.05, 4.69) is 5.32 Å². The quantitative estimate of drug-likeness (QED) is 0.316. The molecule has 0 heterocycles. The van der Waals surface area contributed by atoms with Crippen LogP contribution in [0.2, 0.25) is 5.02 Å². The topological polar surface area (TPSA) is 105 Å². The Hall–Kier alpha value is -1.82. The van der Waals surface area contributed by atoms with Gasteiger partial charge >= 0.3 is 0 Å². The SMILES string of the molecule is CNc1c([N+](=O)[O-])ccc(Cl)c1C(=N)N. The molecule has 80 valence electrons. The first kappa shape index (κ1) is 11.3. The van der Waals surface area contributed by atoms with Crippen molar-refractivity contribution in [2.75, 3.05) is 12.4 Å². The summed E-state index contributed by atoms with van der Waals surface area (Å²) in [5.74, 6) is -0.312. The number of hydrogen-bond acceptors (Lipinski definition) is 4. The molecule has 0 amide bonds. The summed E-state index contributed by atoms with van der Waals surface area (Å²) in [6.07, 6.45) is 0. The van der Waals surface area contributed by atoms with Gasteiger partial charge in [-0.1, -0.05) is 11.6 Å². The number of anilines is 1. The van der Waals surface area contributed by atoms with E-state index >= 15 is 0 Å². The number of nitro benzene ring substituents is 1. The molecule has 0 saturated heterocycles. The molecule has 1 rings (SSSR count). The summed E-state index contributed by atoms with van der Waals surface area (Å²) < 4.78 is 0. The first-order chi connectivity index (χ1) is 6.99. The molecule has 15 heavy (non-hydrogen) atoms. The summed E-state index contributed by atoms with van der Waals surface area (Å²) >= 11 is 5.80. The van der Waals surface area contributed by atoms with E-state index in [9.17, 15) is 10.1 Å². The Kier molecular flexibility index (Phi) is 3.11. The first-order valence-electron chi connectivity index (χ1n) is 3.98. The second-order valence-corrected chi connectivity index (χ2v) is 3.14. The molecule has 0 aliphatic rings. The van der Waals surface area contributed by atoms with Crippen LogP contribution in [0.15, 0.2) is 12.1 Å². The zero-order valence-corrected chi connectivity index (χ0v) is 8.63. The Labute approximate surface area is 90.7 Å². The van der Waals surface area contributed by atoms with Crippen LogP contribution in [0.25, 0.3) is 0 Å². The lowest BCUT2D eigenvalue weighted by Crippen LogP contribution is -2.15. The molecular weight excluding hydrogens is 220 g/mol. The molecule has 0 saturated carbocycles. The number of nitrogens with two attached hydrogens (primary N) is 1. The lowest BCUT2D eigenvalue weighted by Gasteiger charge is -2.09. The van der Waals surface area contributed by atoms with E-state index in [1.54, 1.807) is 0 Å². The fraction of sp³-hybridized carbons (Fsp3) is 0.125. The van der Waals surface area contributed by atoms with Gasteiger partial charge < -0.3 is 11.1 Å². The van der Waals surface area contributed by atoms with Crippen LogP contribution in [-0.2, 0) is 0 Å². The van der Waals surface area contributed by atoms with Gasteiger partial charge in [0.05, 0.1) is 15.5 Å². The molecule has 0 bridgehead atoms. The maximum atomic E-state index is 10.7. The van der Waals surface area contributed by atoms with Crippen LogP contribution in [-0.4, -0.2) is 17.8 Å². The summed E-state index contributed by atoms with van der Waals surface area (Å²) in [6.45, 7) is 0. The number of nitro groups is 1. The zero-order valence-electron chi connectivity index (χ0n) is 7.87. The van der Waals surface area contributed by atoms with Crippen molar-refractivity contribution in [2.45, 2.75) is 0 Å².